The van der Waals surface area contributed by atoms with Gasteiger partial charge >= 0.3 is 0 Å². The van der Waals surface area contributed by atoms with E-state index in [1.165, 1.54) is 0 Å². The Balaban J connectivity index is 1.85. The first-order valence-corrected chi connectivity index (χ1v) is 6.98. The molecule has 110 valence electrons. The van der Waals surface area contributed by atoms with Crippen molar-refractivity contribution in [1.29, 1.82) is 0 Å². The second-order valence-corrected chi connectivity index (χ2v) is 5.08. The number of para-hydroxylation sites is 1. The molecule has 0 heterocycles. The number of amides is 1. The van der Waals surface area contributed by atoms with Crippen molar-refractivity contribution in [2.24, 2.45) is 0 Å². The molecular formula is C17H21N3O. The number of rotatable bonds is 5. The fourth-order valence-corrected chi connectivity index (χ4v) is 2.07. The predicted molar refractivity (Wildman–Crippen MR) is 87.6 cm³/mol. The van der Waals surface area contributed by atoms with Crippen molar-refractivity contribution in [3.8, 4) is 0 Å². The first-order chi connectivity index (χ1) is 10.1. The summed E-state index contributed by atoms with van der Waals surface area (Å²) in [6.07, 6.45) is 0. The lowest BCUT2D eigenvalue weighted by Gasteiger charge is -2.19. The van der Waals surface area contributed by atoms with Gasteiger partial charge in [-0.1, -0.05) is 18.2 Å². The minimum atomic E-state index is -0.0699. The summed E-state index contributed by atoms with van der Waals surface area (Å²) in [7, 11) is 2.01. The van der Waals surface area contributed by atoms with Crippen molar-refractivity contribution < 1.29 is 4.79 Å². The first kappa shape index (κ1) is 14.9. The molecule has 4 nitrogen and oxygen atoms in total. The number of aryl methyl sites for hydroxylation is 1. The van der Waals surface area contributed by atoms with Gasteiger partial charge in [0.15, 0.2) is 0 Å². The third-order valence-electron chi connectivity index (χ3n) is 3.46. The van der Waals surface area contributed by atoms with Gasteiger partial charge in [0.25, 0.3) is 5.91 Å². The van der Waals surface area contributed by atoms with Crippen molar-refractivity contribution in [2.45, 2.75) is 6.92 Å². The quantitative estimate of drug-likeness (QED) is 0.829. The van der Waals surface area contributed by atoms with E-state index in [0.717, 1.165) is 17.8 Å². The van der Waals surface area contributed by atoms with Gasteiger partial charge in [0.2, 0.25) is 0 Å². The number of carbonyl (C=O) groups excluding carboxylic acids is 1. The average molecular weight is 283 g/mol. The van der Waals surface area contributed by atoms with Crippen LogP contribution in [0.1, 0.15) is 15.9 Å². The summed E-state index contributed by atoms with van der Waals surface area (Å²) in [5, 5.41) is 2.92. The highest BCUT2D eigenvalue weighted by molar-refractivity contribution is 5.94. The molecule has 2 aromatic rings. The fraction of sp³-hybridized carbons (Fsp3) is 0.235. The Labute approximate surface area is 125 Å². The van der Waals surface area contributed by atoms with Crippen LogP contribution in [0.25, 0.3) is 0 Å². The first-order valence-electron chi connectivity index (χ1n) is 6.98. The monoisotopic (exact) mass is 283 g/mol. The number of nitrogens with two attached hydrogens (primary N) is 1. The van der Waals surface area contributed by atoms with Crippen molar-refractivity contribution in [3.05, 3.63) is 59.7 Å². The molecule has 0 aliphatic rings. The number of carbonyl (C=O) groups is 1. The molecule has 0 saturated heterocycles. The van der Waals surface area contributed by atoms with Crippen LogP contribution in [0.3, 0.4) is 0 Å². The van der Waals surface area contributed by atoms with Crippen LogP contribution in [-0.4, -0.2) is 26.0 Å². The lowest BCUT2D eigenvalue weighted by molar-refractivity contribution is 0.0954. The molecule has 2 rings (SSSR count). The third kappa shape index (κ3) is 3.99. The number of hydrogen-bond donors (Lipinski definition) is 2. The van der Waals surface area contributed by atoms with Crippen LogP contribution in [0.2, 0.25) is 0 Å². The molecule has 0 unspecified atom stereocenters. The molecule has 0 aromatic heterocycles. The summed E-state index contributed by atoms with van der Waals surface area (Å²) in [6, 6.07) is 15.4. The van der Waals surface area contributed by atoms with Crippen molar-refractivity contribution in [3.63, 3.8) is 0 Å². The lowest BCUT2D eigenvalue weighted by Crippen LogP contribution is -2.33. The summed E-state index contributed by atoms with van der Waals surface area (Å²) in [4.78, 5) is 14.2. The molecular weight excluding hydrogens is 262 g/mol. The molecule has 0 radical (unpaired) electrons. The summed E-state index contributed by atoms with van der Waals surface area (Å²) in [6.45, 7) is 3.24. The van der Waals surface area contributed by atoms with Gasteiger partial charge in [-0.25, -0.2) is 0 Å². The zero-order valence-corrected chi connectivity index (χ0v) is 12.5. The summed E-state index contributed by atoms with van der Waals surface area (Å²) >= 11 is 0. The highest BCUT2D eigenvalue weighted by atomic mass is 16.1. The van der Waals surface area contributed by atoms with E-state index in [2.05, 4.69) is 10.2 Å². The number of nitrogen functional groups attached to an aromatic ring is 1. The standard InChI is InChI=1S/C17H21N3O/c1-13-12-14(8-9-16(13)18)17(21)19-10-11-20(2)15-6-4-3-5-7-15/h3-9,12H,10-11,18H2,1-2H3,(H,19,21). The minimum absolute atomic E-state index is 0.0699. The van der Waals surface area contributed by atoms with E-state index < -0.39 is 0 Å². The lowest BCUT2D eigenvalue weighted by atomic mass is 10.1. The molecule has 4 heteroatoms. The zero-order chi connectivity index (χ0) is 15.2. The van der Waals surface area contributed by atoms with Crippen molar-refractivity contribution in [1.82, 2.24) is 5.32 Å². The maximum Gasteiger partial charge on any atom is 0.251 e. The normalized spacial score (nSPS) is 10.2. The predicted octanol–water partition coefficient (Wildman–Crippen LogP) is 2.44. The molecule has 3 N–H and O–H groups in total. The minimum Gasteiger partial charge on any atom is -0.399 e. The van der Waals surface area contributed by atoms with Crippen molar-refractivity contribution >= 4 is 17.3 Å². The van der Waals surface area contributed by atoms with E-state index in [1.807, 2.05) is 50.4 Å². The van der Waals surface area contributed by atoms with Crippen LogP contribution in [0, 0.1) is 6.92 Å². The van der Waals surface area contributed by atoms with Crippen LogP contribution in [0.4, 0.5) is 11.4 Å². The third-order valence-corrected chi connectivity index (χ3v) is 3.46. The topological polar surface area (TPSA) is 58.4 Å². The van der Waals surface area contributed by atoms with Gasteiger partial charge in [0, 0.05) is 37.1 Å². The van der Waals surface area contributed by atoms with Gasteiger partial charge in [-0.2, -0.15) is 0 Å². The van der Waals surface area contributed by atoms with Gasteiger partial charge < -0.3 is 16.0 Å². The summed E-state index contributed by atoms with van der Waals surface area (Å²) < 4.78 is 0. The van der Waals surface area contributed by atoms with Crippen LogP contribution < -0.4 is 16.0 Å². The number of nitrogens with one attached hydrogen (secondary N) is 1. The summed E-state index contributed by atoms with van der Waals surface area (Å²) in [5.41, 5.74) is 9.16. The second-order valence-electron chi connectivity index (χ2n) is 5.08. The second kappa shape index (κ2) is 6.79. The highest BCUT2D eigenvalue weighted by Crippen LogP contribution is 2.13. The van der Waals surface area contributed by atoms with Crippen molar-refractivity contribution in [2.75, 3.05) is 30.8 Å². The van der Waals surface area contributed by atoms with Gasteiger partial charge in [0.1, 0.15) is 0 Å². The average Bonchev–Trinajstić information content (AvgIpc) is 2.50. The number of likely N-dealkylation sites (N-methyl/N-ethyl adjacent to an activating group) is 1. The molecule has 0 atom stereocenters. The van der Waals surface area contributed by atoms with Gasteiger partial charge in [0.05, 0.1) is 0 Å². The number of benzene rings is 2. The van der Waals surface area contributed by atoms with Crippen LogP contribution in [0.5, 0.6) is 0 Å². The largest absolute Gasteiger partial charge is 0.399 e. The molecule has 0 bridgehead atoms. The van der Waals surface area contributed by atoms with E-state index in [0.29, 0.717) is 17.8 Å². The van der Waals surface area contributed by atoms with Crippen LogP contribution >= 0.6 is 0 Å². The molecule has 0 saturated carbocycles. The smallest absolute Gasteiger partial charge is 0.251 e. The van der Waals surface area contributed by atoms with Gasteiger partial charge in [-0.15, -0.1) is 0 Å². The Bertz CT molecular complexity index is 611. The number of hydrogen-bond acceptors (Lipinski definition) is 3. The Kier molecular flexibility index (Phi) is 4.82. The highest BCUT2D eigenvalue weighted by Gasteiger charge is 2.07. The molecule has 0 aliphatic carbocycles. The molecule has 21 heavy (non-hydrogen) atoms. The molecule has 1 amide bonds. The van der Waals surface area contributed by atoms with E-state index in [4.69, 9.17) is 5.73 Å². The molecule has 0 aliphatic heterocycles. The molecule has 0 fully saturated rings. The van der Waals surface area contributed by atoms with Crippen LogP contribution in [-0.2, 0) is 0 Å². The Morgan fingerprint density at radius 1 is 1.19 bits per heavy atom. The Morgan fingerprint density at radius 3 is 2.57 bits per heavy atom. The van der Waals surface area contributed by atoms with E-state index in [9.17, 15) is 4.79 Å². The van der Waals surface area contributed by atoms with Gasteiger partial charge in [-0.3, -0.25) is 4.79 Å². The summed E-state index contributed by atoms with van der Waals surface area (Å²) in [5.74, 6) is -0.0699. The van der Waals surface area contributed by atoms with E-state index in [-0.39, 0.29) is 5.91 Å². The zero-order valence-electron chi connectivity index (χ0n) is 12.5. The Hall–Kier alpha value is -2.49. The Morgan fingerprint density at radius 2 is 1.90 bits per heavy atom. The maximum absolute atomic E-state index is 12.1. The van der Waals surface area contributed by atoms with Crippen LogP contribution in [0.15, 0.2) is 48.5 Å². The van der Waals surface area contributed by atoms with E-state index in [1.54, 1.807) is 12.1 Å². The molecule has 2 aromatic carbocycles. The number of anilines is 2. The van der Waals surface area contributed by atoms with E-state index >= 15 is 0 Å². The SMILES string of the molecule is Cc1cc(C(=O)NCCN(C)c2ccccc2)ccc1N. The number of nitrogens with zero attached hydrogens (tertiary/aromatic N) is 1. The fourth-order valence-electron chi connectivity index (χ4n) is 2.07. The van der Waals surface area contributed by atoms with Gasteiger partial charge in [-0.05, 0) is 42.8 Å². The maximum atomic E-state index is 12.1. The molecule has 0 spiro atoms.